The molecule has 1 nitrogen and oxygen atoms in total. The number of hydrogen-bond donors (Lipinski definition) is 0. The van der Waals surface area contributed by atoms with Crippen molar-refractivity contribution in [3.63, 3.8) is 0 Å². The van der Waals surface area contributed by atoms with Gasteiger partial charge in [0.15, 0.2) is 0 Å². The maximum Gasteiger partial charge on any atom is 0.419 e. The molecular formula is C30H26F6O. The third kappa shape index (κ3) is 6.45. The van der Waals surface area contributed by atoms with Gasteiger partial charge in [-0.3, -0.25) is 0 Å². The summed E-state index contributed by atoms with van der Waals surface area (Å²) in [6.07, 6.45) is -2.45. The fourth-order valence-electron chi connectivity index (χ4n) is 4.28. The monoisotopic (exact) mass is 516 g/mol. The van der Waals surface area contributed by atoms with E-state index in [2.05, 4.69) is 0 Å². The molecule has 0 atom stereocenters. The second-order valence-electron chi connectivity index (χ2n) is 9.01. The molecule has 0 spiro atoms. The van der Waals surface area contributed by atoms with E-state index in [0.29, 0.717) is 58.7 Å². The number of halogens is 6. The van der Waals surface area contributed by atoms with Crippen LogP contribution in [0.25, 0.3) is 10.8 Å². The topological polar surface area (TPSA) is 9.23 Å². The van der Waals surface area contributed by atoms with Gasteiger partial charge in [0.2, 0.25) is 0 Å². The van der Waals surface area contributed by atoms with Crippen LogP contribution >= 0.6 is 0 Å². The van der Waals surface area contributed by atoms with E-state index in [9.17, 15) is 22.0 Å². The molecule has 37 heavy (non-hydrogen) atoms. The first-order chi connectivity index (χ1) is 17.7. The molecule has 0 radical (unpaired) electrons. The van der Waals surface area contributed by atoms with Crippen molar-refractivity contribution < 1.29 is 31.1 Å². The molecule has 4 aromatic rings. The minimum absolute atomic E-state index is 0.198. The van der Waals surface area contributed by atoms with Gasteiger partial charge in [0, 0.05) is 11.5 Å². The molecule has 0 aromatic heterocycles. The van der Waals surface area contributed by atoms with E-state index in [-0.39, 0.29) is 18.7 Å². The summed E-state index contributed by atoms with van der Waals surface area (Å²) >= 11 is 0. The smallest absolute Gasteiger partial charge is 0.419 e. The summed E-state index contributed by atoms with van der Waals surface area (Å²) in [4.78, 5) is 0. The molecule has 0 unspecified atom stereocenters. The van der Waals surface area contributed by atoms with Crippen LogP contribution in [0, 0.1) is 17.5 Å². The van der Waals surface area contributed by atoms with E-state index >= 15 is 4.39 Å². The Kier molecular flexibility index (Phi) is 8.10. The van der Waals surface area contributed by atoms with Crippen molar-refractivity contribution in [3.05, 3.63) is 112 Å². The maximum atomic E-state index is 15.1. The zero-order valence-electron chi connectivity index (χ0n) is 20.3. The summed E-state index contributed by atoms with van der Waals surface area (Å²) in [5.41, 5.74) is 0.950. The lowest BCUT2D eigenvalue weighted by Crippen LogP contribution is -2.08. The van der Waals surface area contributed by atoms with Crippen molar-refractivity contribution in [1.82, 2.24) is 0 Å². The lowest BCUT2D eigenvalue weighted by atomic mass is 9.97. The van der Waals surface area contributed by atoms with Crippen LogP contribution in [0.1, 0.15) is 41.2 Å². The van der Waals surface area contributed by atoms with Gasteiger partial charge in [-0.1, -0.05) is 49.4 Å². The fraction of sp³-hybridized carbons (Fsp3) is 0.267. The molecule has 0 aliphatic carbocycles. The number of hydrogen-bond acceptors (Lipinski definition) is 1. The van der Waals surface area contributed by atoms with E-state index in [0.717, 1.165) is 18.1 Å². The summed E-state index contributed by atoms with van der Waals surface area (Å²) < 4.78 is 87.1. The van der Waals surface area contributed by atoms with Crippen molar-refractivity contribution in [2.24, 2.45) is 0 Å². The van der Waals surface area contributed by atoms with Gasteiger partial charge in [-0.2, -0.15) is 13.2 Å². The second kappa shape index (κ2) is 11.3. The van der Waals surface area contributed by atoms with Gasteiger partial charge in [0.05, 0.1) is 12.2 Å². The number of alkyl halides is 3. The molecular weight excluding hydrogens is 490 g/mol. The summed E-state index contributed by atoms with van der Waals surface area (Å²) in [7, 11) is 0. The van der Waals surface area contributed by atoms with E-state index in [1.165, 1.54) is 12.1 Å². The Hall–Kier alpha value is -3.48. The van der Waals surface area contributed by atoms with Crippen LogP contribution in [0.3, 0.4) is 0 Å². The molecule has 0 aliphatic rings. The molecule has 0 aliphatic heterocycles. The molecule has 4 aromatic carbocycles. The van der Waals surface area contributed by atoms with E-state index in [1.54, 1.807) is 36.4 Å². The Bertz CT molecular complexity index is 1390. The first-order valence-corrected chi connectivity index (χ1v) is 12.1. The molecule has 0 amide bonds. The predicted molar refractivity (Wildman–Crippen MR) is 132 cm³/mol. The van der Waals surface area contributed by atoms with Crippen molar-refractivity contribution >= 4 is 10.8 Å². The number of ether oxygens (including phenoxy) is 1. The Labute approximate surface area is 211 Å². The normalized spacial score (nSPS) is 11.8. The zero-order chi connectivity index (χ0) is 26.6. The number of aryl methyl sites for hydroxylation is 4. The van der Waals surface area contributed by atoms with Gasteiger partial charge in [-0.25, -0.2) is 13.2 Å². The minimum Gasteiger partial charge on any atom is -0.494 e. The van der Waals surface area contributed by atoms with Crippen molar-refractivity contribution in [2.75, 3.05) is 6.61 Å². The van der Waals surface area contributed by atoms with E-state index in [1.807, 2.05) is 13.0 Å². The van der Waals surface area contributed by atoms with Crippen LogP contribution < -0.4 is 4.74 Å². The van der Waals surface area contributed by atoms with Crippen LogP contribution in [-0.2, 0) is 31.9 Å². The average molecular weight is 517 g/mol. The van der Waals surface area contributed by atoms with Crippen LogP contribution in [0.5, 0.6) is 5.75 Å². The van der Waals surface area contributed by atoms with Crippen molar-refractivity contribution in [2.45, 2.75) is 45.2 Å². The summed E-state index contributed by atoms with van der Waals surface area (Å²) in [6.45, 7) is 2.51. The van der Waals surface area contributed by atoms with E-state index < -0.39 is 23.4 Å². The van der Waals surface area contributed by atoms with Crippen LogP contribution in [0.2, 0.25) is 0 Å². The third-order valence-corrected chi connectivity index (χ3v) is 6.30. The SMILES string of the molecule is CCCOc1ccc(CCc2ccc3c(F)c(CCc4ccc(C(F)(F)F)c(F)c4)ccc3c2)c(F)c1. The minimum atomic E-state index is -4.76. The fourth-order valence-corrected chi connectivity index (χ4v) is 4.28. The third-order valence-electron chi connectivity index (χ3n) is 6.30. The highest BCUT2D eigenvalue weighted by atomic mass is 19.4. The molecule has 0 saturated heterocycles. The standard InChI is InChI=1S/C30H26F6O/c1-2-15-37-24-12-11-21(27(31)18-24)7-3-19-5-13-25-23(16-19)10-9-22(29(25)33)8-4-20-6-14-26(28(32)17-20)30(34,35)36/h5-6,9-14,16-18H,2-4,7-8,15H2,1H3. The van der Waals surface area contributed by atoms with Crippen molar-refractivity contribution in [1.29, 1.82) is 0 Å². The first kappa shape index (κ1) is 26.6. The Morgan fingerprint density at radius 3 is 2.03 bits per heavy atom. The molecule has 194 valence electrons. The van der Waals surface area contributed by atoms with Gasteiger partial charge in [0.1, 0.15) is 23.2 Å². The average Bonchev–Trinajstić information content (AvgIpc) is 2.85. The molecule has 4 rings (SSSR count). The lowest BCUT2D eigenvalue weighted by Gasteiger charge is -2.11. The van der Waals surface area contributed by atoms with Gasteiger partial charge >= 0.3 is 6.18 Å². The lowest BCUT2D eigenvalue weighted by molar-refractivity contribution is -0.140. The number of benzene rings is 4. The van der Waals surface area contributed by atoms with Gasteiger partial charge in [-0.05, 0) is 77.9 Å². The number of fused-ring (bicyclic) bond motifs is 1. The van der Waals surface area contributed by atoms with Crippen molar-refractivity contribution in [3.8, 4) is 5.75 Å². The summed E-state index contributed by atoms with van der Waals surface area (Å²) in [6, 6.07) is 16.4. The molecule has 7 heteroatoms. The summed E-state index contributed by atoms with van der Waals surface area (Å²) in [5.74, 6) is -1.57. The largest absolute Gasteiger partial charge is 0.494 e. The zero-order valence-corrected chi connectivity index (χ0v) is 20.3. The molecule has 0 saturated carbocycles. The maximum absolute atomic E-state index is 15.1. The Balaban J connectivity index is 1.42. The molecule has 0 fully saturated rings. The number of rotatable bonds is 9. The van der Waals surface area contributed by atoms with Gasteiger partial charge in [0.25, 0.3) is 0 Å². The predicted octanol–water partition coefficient (Wildman–Crippen LogP) is 8.64. The van der Waals surface area contributed by atoms with Crippen LogP contribution in [0.4, 0.5) is 26.3 Å². The first-order valence-electron chi connectivity index (χ1n) is 12.1. The highest BCUT2D eigenvalue weighted by molar-refractivity contribution is 5.84. The Morgan fingerprint density at radius 2 is 1.35 bits per heavy atom. The van der Waals surface area contributed by atoms with Gasteiger partial charge < -0.3 is 4.74 Å². The summed E-state index contributed by atoms with van der Waals surface area (Å²) in [5, 5.41) is 1.12. The van der Waals surface area contributed by atoms with Crippen LogP contribution in [0.15, 0.2) is 66.7 Å². The van der Waals surface area contributed by atoms with Crippen LogP contribution in [-0.4, -0.2) is 6.61 Å². The quantitative estimate of drug-likeness (QED) is 0.202. The highest BCUT2D eigenvalue weighted by Gasteiger charge is 2.33. The molecule has 0 bridgehead atoms. The van der Waals surface area contributed by atoms with E-state index in [4.69, 9.17) is 4.74 Å². The highest BCUT2D eigenvalue weighted by Crippen LogP contribution is 2.32. The van der Waals surface area contributed by atoms with Gasteiger partial charge in [-0.15, -0.1) is 0 Å². The second-order valence-corrected chi connectivity index (χ2v) is 9.01. The molecule has 0 heterocycles. The molecule has 0 N–H and O–H groups in total. The Morgan fingerprint density at radius 1 is 0.676 bits per heavy atom.